The van der Waals surface area contributed by atoms with Crippen LogP contribution in [0.1, 0.15) is 26.7 Å². The molecule has 14 heteroatoms. The fourth-order valence-electron chi connectivity index (χ4n) is 2.81. The Hall–Kier alpha value is -3.45. The number of thiophene rings is 1. The van der Waals surface area contributed by atoms with Crippen LogP contribution in [0.5, 0.6) is 0 Å². The maximum absolute atomic E-state index is 13.7. The number of aromatic nitrogens is 5. The number of aryl methyl sites for hydroxylation is 1. The molecule has 0 bridgehead atoms. The second kappa shape index (κ2) is 7.35. The van der Waals surface area contributed by atoms with E-state index >= 15 is 0 Å². The summed E-state index contributed by atoms with van der Waals surface area (Å²) in [5.74, 6) is -2.42. The van der Waals surface area contributed by atoms with Crippen LogP contribution in [0.2, 0.25) is 5.02 Å². The van der Waals surface area contributed by atoms with E-state index in [0.29, 0.717) is 9.39 Å². The van der Waals surface area contributed by atoms with Gasteiger partial charge in [-0.15, -0.1) is 11.3 Å². The zero-order valence-electron chi connectivity index (χ0n) is 15.3. The summed E-state index contributed by atoms with van der Waals surface area (Å²) in [6.45, 7) is 0. The van der Waals surface area contributed by atoms with E-state index in [0.717, 1.165) is 10.7 Å². The van der Waals surface area contributed by atoms with Gasteiger partial charge in [0, 0.05) is 13.2 Å². The summed E-state index contributed by atoms with van der Waals surface area (Å²) in [5.41, 5.74) is -2.70. The van der Waals surface area contributed by atoms with Gasteiger partial charge >= 0.3 is 12.1 Å². The van der Waals surface area contributed by atoms with E-state index in [1.54, 1.807) is 17.5 Å². The largest absolute Gasteiger partial charge is 0.476 e. The van der Waals surface area contributed by atoms with Gasteiger partial charge in [0.2, 0.25) is 0 Å². The Bertz CT molecular complexity index is 1330. The molecule has 1 amide bonds. The van der Waals surface area contributed by atoms with Crippen LogP contribution in [0.25, 0.3) is 16.2 Å². The average Bonchev–Trinajstić information content (AvgIpc) is 3.40. The normalized spacial score (nSPS) is 11.8. The highest BCUT2D eigenvalue weighted by Gasteiger charge is 2.37. The van der Waals surface area contributed by atoms with Crippen LogP contribution in [0.15, 0.2) is 29.8 Å². The highest BCUT2D eigenvalue weighted by atomic mass is 35.5. The number of carbonyl (C=O) groups excluding carboxylic acids is 1. The van der Waals surface area contributed by atoms with Crippen LogP contribution in [-0.4, -0.2) is 41.4 Å². The van der Waals surface area contributed by atoms with Crippen molar-refractivity contribution in [3.63, 3.8) is 0 Å². The monoisotopic (exact) mass is 470 g/mol. The summed E-state index contributed by atoms with van der Waals surface area (Å²) < 4.78 is 42.6. The molecule has 4 rings (SSSR count). The molecule has 0 aliphatic rings. The third-order valence-corrected chi connectivity index (χ3v) is 5.33. The van der Waals surface area contributed by atoms with E-state index in [9.17, 15) is 27.9 Å². The Kier molecular flexibility index (Phi) is 4.94. The molecule has 0 spiro atoms. The van der Waals surface area contributed by atoms with Crippen LogP contribution in [0, 0.1) is 0 Å². The number of carboxylic acids is 1. The highest BCUT2D eigenvalue weighted by Crippen LogP contribution is 2.35. The minimum absolute atomic E-state index is 0.0176. The van der Waals surface area contributed by atoms with Crippen molar-refractivity contribution in [2.45, 2.75) is 6.18 Å². The van der Waals surface area contributed by atoms with Gasteiger partial charge in [0.25, 0.3) is 5.91 Å². The molecule has 0 unspecified atom stereocenters. The van der Waals surface area contributed by atoms with Gasteiger partial charge < -0.3 is 10.4 Å². The van der Waals surface area contributed by atoms with Crippen molar-refractivity contribution in [1.29, 1.82) is 0 Å². The summed E-state index contributed by atoms with van der Waals surface area (Å²) >= 11 is 7.36. The van der Waals surface area contributed by atoms with Gasteiger partial charge in [-0.25, -0.2) is 14.3 Å². The van der Waals surface area contributed by atoms with Crippen molar-refractivity contribution >= 4 is 46.1 Å². The van der Waals surface area contributed by atoms with Gasteiger partial charge in [0.05, 0.1) is 16.3 Å². The Morgan fingerprint density at radius 3 is 2.61 bits per heavy atom. The van der Waals surface area contributed by atoms with Gasteiger partial charge in [0.1, 0.15) is 5.02 Å². The van der Waals surface area contributed by atoms with Crippen molar-refractivity contribution < 1.29 is 27.9 Å². The summed E-state index contributed by atoms with van der Waals surface area (Å²) in [6.07, 6.45) is -3.59. The Labute approximate surface area is 179 Å². The first-order valence-electron chi connectivity index (χ1n) is 8.35. The molecule has 4 heterocycles. The van der Waals surface area contributed by atoms with Crippen LogP contribution in [0.3, 0.4) is 0 Å². The van der Waals surface area contributed by atoms with Gasteiger partial charge in [-0.2, -0.15) is 23.4 Å². The number of carbonyl (C=O) groups is 2. The first kappa shape index (κ1) is 20.8. The Morgan fingerprint density at radius 2 is 2.00 bits per heavy atom. The van der Waals surface area contributed by atoms with Crippen molar-refractivity contribution in [3.8, 4) is 10.6 Å². The van der Waals surface area contributed by atoms with Crippen LogP contribution in [-0.2, 0) is 13.2 Å². The predicted octanol–water partition coefficient (Wildman–Crippen LogP) is 3.81. The van der Waals surface area contributed by atoms with E-state index in [1.165, 1.54) is 24.6 Å². The van der Waals surface area contributed by atoms with E-state index < -0.39 is 40.2 Å². The predicted molar refractivity (Wildman–Crippen MR) is 104 cm³/mol. The molecule has 31 heavy (non-hydrogen) atoms. The van der Waals surface area contributed by atoms with Crippen molar-refractivity contribution in [2.24, 2.45) is 7.05 Å². The highest BCUT2D eigenvalue weighted by molar-refractivity contribution is 7.13. The van der Waals surface area contributed by atoms with E-state index in [-0.39, 0.29) is 17.0 Å². The number of amides is 1. The van der Waals surface area contributed by atoms with Gasteiger partial charge in [0.15, 0.2) is 22.7 Å². The lowest BCUT2D eigenvalue weighted by Crippen LogP contribution is -2.16. The number of aromatic carboxylic acids is 1. The minimum atomic E-state index is -4.81. The van der Waals surface area contributed by atoms with E-state index in [2.05, 4.69) is 20.5 Å². The zero-order valence-corrected chi connectivity index (χ0v) is 16.9. The minimum Gasteiger partial charge on any atom is -0.476 e. The quantitative estimate of drug-likeness (QED) is 0.468. The van der Waals surface area contributed by atoms with Gasteiger partial charge in [-0.3, -0.25) is 9.48 Å². The first-order chi connectivity index (χ1) is 14.6. The Balaban J connectivity index is 1.84. The second-order valence-corrected chi connectivity index (χ2v) is 7.55. The van der Waals surface area contributed by atoms with Gasteiger partial charge in [-0.1, -0.05) is 17.7 Å². The van der Waals surface area contributed by atoms with E-state index in [1.807, 2.05) is 0 Å². The van der Waals surface area contributed by atoms with E-state index in [4.69, 9.17) is 11.6 Å². The molecule has 0 aromatic carbocycles. The molecule has 0 aliphatic carbocycles. The van der Waals surface area contributed by atoms with Crippen LogP contribution in [0.4, 0.5) is 18.9 Å². The summed E-state index contributed by atoms with van der Waals surface area (Å²) in [7, 11) is 1.44. The molecular formula is C17H10ClF3N6O3S. The molecule has 0 aliphatic heterocycles. The van der Waals surface area contributed by atoms with Crippen LogP contribution >= 0.6 is 22.9 Å². The Morgan fingerprint density at radius 1 is 1.26 bits per heavy atom. The van der Waals surface area contributed by atoms with Gasteiger partial charge in [-0.05, 0) is 17.5 Å². The second-order valence-electron chi connectivity index (χ2n) is 6.22. The third-order valence-electron chi connectivity index (χ3n) is 4.09. The van der Waals surface area contributed by atoms with Crippen molar-refractivity contribution in [2.75, 3.05) is 5.32 Å². The summed E-state index contributed by atoms with van der Waals surface area (Å²) in [6, 6.07) is 4.06. The lowest BCUT2D eigenvalue weighted by atomic mass is 10.2. The lowest BCUT2D eigenvalue weighted by Gasteiger charge is -2.10. The van der Waals surface area contributed by atoms with Crippen molar-refractivity contribution in [3.05, 3.63) is 51.9 Å². The topological polar surface area (TPSA) is 114 Å². The number of nitrogens with zero attached hydrogens (tertiary/aromatic N) is 5. The fourth-order valence-corrected chi connectivity index (χ4v) is 3.74. The maximum atomic E-state index is 13.7. The van der Waals surface area contributed by atoms with Crippen molar-refractivity contribution in [1.82, 2.24) is 24.4 Å². The number of hydrogen-bond donors (Lipinski definition) is 2. The number of hydrogen-bond acceptors (Lipinski definition) is 6. The molecule has 0 fully saturated rings. The standard InChI is InChI=1S/C17H10ClF3N6O3S/c1-26-6-8(12(24-26)16(29)30)23-15(28)13-11(18)14-22-7(9-3-2-4-31-9)5-10(17(19,20)21)27(14)25-13/h2-6H,1H3,(H,23,28)(H,29,30). The summed E-state index contributed by atoms with van der Waals surface area (Å²) in [4.78, 5) is 28.5. The molecular weight excluding hydrogens is 461 g/mol. The molecule has 0 saturated carbocycles. The SMILES string of the molecule is Cn1cc(NC(=O)c2nn3c(C(F)(F)F)cc(-c4cccs4)nc3c2Cl)c(C(=O)O)n1. The molecule has 0 radical (unpaired) electrons. The molecule has 0 atom stereocenters. The molecule has 160 valence electrons. The third kappa shape index (κ3) is 3.72. The molecule has 9 nitrogen and oxygen atoms in total. The molecule has 4 aromatic heterocycles. The molecule has 0 saturated heterocycles. The number of anilines is 1. The number of rotatable bonds is 4. The summed E-state index contributed by atoms with van der Waals surface area (Å²) in [5, 5.41) is 20.1. The number of fused-ring (bicyclic) bond motifs is 1. The van der Waals surface area contributed by atoms with Crippen LogP contribution < -0.4 is 5.32 Å². The molecule has 4 aromatic rings. The maximum Gasteiger partial charge on any atom is 0.433 e. The fraction of sp³-hybridized carbons (Fsp3) is 0.118. The lowest BCUT2D eigenvalue weighted by molar-refractivity contribution is -0.142. The number of alkyl halides is 3. The smallest absolute Gasteiger partial charge is 0.433 e. The first-order valence-corrected chi connectivity index (χ1v) is 9.60. The zero-order chi connectivity index (χ0) is 22.5. The average molecular weight is 471 g/mol. The number of halogens is 4. The molecule has 2 N–H and O–H groups in total. The number of carboxylic acid groups (broad SMARTS) is 1. The number of nitrogens with one attached hydrogen (secondary N) is 1.